The minimum atomic E-state index is -0.977. The van der Waals surface area contributed by atoms with Crippen molar-refractivity contribution in [3.63, 3.8) is 0 Å². The molecule has 0 aliphatic heterocycles. The Labute approximate surface area is 101 Å². The average molecular weight is 296 g/mol. The van der Waals surface area contributed by atoms with Gasteiger partial charge in [0.05, 0.1) is 10.6 Å². The SMILES string of the molecule is O=C(CCBr)c1c(Cl)cccc1OCF. The Morgan fingerprint density at radius 2 is 2.27 bits per heavy atom. The molecule has 0 bridgehead atoms. The average Bonchev–Trinajstić information content (AvgIpc) is 2.18. The first-order chi connectivity index (χ1) is 7.20. The van der Waals surface area contributed by atoms with E-state index in [2.05, 4.69) is 15.9 Å². The molecule has 0 aliphatic rings. The topological polar surface area (TPSA) is 26.3 Å². The van der Waals surface area contributed by atoms with Crippen LogP contribution in [0.3, 0.4) is 0 Å². The minimum absolute atomic E-state index is 0.166. The van der Waals surface area contributed by atoms with E-state index < -0.39 is 6.86 Å². The number of ether oxygens (including phenoxy) is 1. The third-order valence-electron chi connectivity index (χ3n) is 1.79. The van der Waals surface area contributed by atoms with Gasteiger partial charge in [0.25, 0.3) is 0 Å². The molecule has 0 heterocycles. The van der Waals surface area contributed by atoms with Crippen LogP contribution >= 0.6 is 27.5 Å². The summed E-state index contributed by atoms with van der Waals surface area (Å²) in [6, 6.07) is 4.71. The largest absolute Gasteiger partial charge is 0.462 e. The van der Waals surface area contributed by atoms with Crippen molar-refractivity contribution in [2.75, 3.05) is 12.2 Å². The molecule has 0 N–H and O–H groups in total. The third-order valence-corrected chi connectivity index (χ3v) is 2.50. The number of halogens is 3. The highest BCUT2D eigenvalue weighted by atomic mass is 79.9. The number of Topliss-reactive ketones (excluding diaryl/α,β-unsaturated/α-hetero) is 1. The van der Waals surface area contributed by atoms with Gasteiger partial charge in [-0.05, 0) is 12.1 Å². The van der Waals surface area contributed by atoms with Gasteiger partial charge in [-0.2, -0.15) is 0 Å². The molecule has 0 saturated carbocycles. The van der Waals surface area contributed by atoms with Crippen LogP contribution in [0.1, 0.15) is 16.8 Å². The summed E-state index contributed by atoms with van der Waals surface area (Å²) in [6.45, 7) is -0.977. The third kappa shape index (κ3) is 3.18. The Balaban J connectivity index is 3.06. The molecule has 0 aliphatic carbocycles. The number of hydrogen-bond acceptors (Lipinski definition) is 2. The summed E-state index contributed by atoms with van der Waals surface area (Å²) in [6.07, 6.45) is 0.298. The summed E-state index contributed by atoms with van der Waals surface area (Å²) in [5, 5.41) is 0.818. The van der Waals surface area contributed by atoms with Crippen molar-refractivity contribution in [2.45, 2.75) is 6.42 Å². The molecule has 0 aromatic heterocycles. The van der Waals surface area contributed by atoms with Gasteiger partial charge < -0.3 is 4.74 Å². The smallest absolute Gasteiger partial charge is 0.228 e. The van der Waals surface area contributed by atoms with Crippen LogP contribution in [0.2, 0.25) is 5.02 Å². The van der Waals surface area contributed by atoms with E-state index in [4.69, 9.17) is 16.3 Å². The van der Waals surface area contributed by atoms with Gasteiger partial charge in [-0.3, -0.25) is 4.79 Å². The van der Waals surface area contributed by atoms with Crippen molar-refractivity contribution in [3.8, 4) is 5.75 Å². The van der Waals surface area contributed by atoms with Crippen LogP contribution in [0.4, 0.5) is 4.39 Å². The Bertz CT molecular complexity index is 357. The van der Waals surface area contributed by atoms with Crippen LogP contribution in [0.5, 0.6) is 5.75 Å². The van der Waals surface area contributed by atoms with Gasteiger partial charge in [-0.1, -0.05) is 33.6 Å². The maximum atomic E-state index is 12.1. The molecule has 0 radical (unpaired) electrons. The molecule has 0 amide bonds. The molecule has 82 valence electrons. The molecule has 5 heteroatoms. The predicted octanol–water partition coefficient (Wildman–Crippen LogP) is 3.61. The van der Waals surface area contributed by atoms with E-state index in [0.29, 0.717) is 11.8 Å². The van der Waals surface area contributed by atoms with E-state index in [-0.39, 0.29) is 22.1 Å². The monoisotopic (exact) mass is 294 g/mol. The highest BCUT2D eigenvalue weighted by molar-refractivity contribution is 9.09. The first-order valence-electron chi connectivity index (χ1n) is 4.27. The molecule has 15 heavy (non-hydrogen) atoms. The van der Waals surface area contributed by atoms with Gasteiger partial charge in [0.1, 0.15) is 5.75 Å². The first kappa shape index (κ1) is 12.5. The zero-order valence-corrected chi connectivity index (χ0v) is 10.1. The molecule has 0 spiro atoms. The highest BCUT2D eigenvalue weighted by Crippen LogP contribution is 2.28. The second-order valence-corrected chi connectivity index (χ2v) is 3.93. The van der Waals surface area contributed by atoms with Crippen LogP contribution < -0.4 is 4.74 Å². The van der Waals surface area contributed by atoms with Crippen LogP contribution in [0.15, 0.2) is 18.2 Å². The van der Waals surface area contributed by atoms with Crippen LogP contribution in [0, 0.1) is 0 Å². The summed E-state index contributed by atoms with van der Waals surface area (Å²) < 4.78 is 16.8. The molecule has 0 atom stereocenters. The number of alkyl halides is 2. The highest BCUT2D eigenvalue weighted by Gasteiger charge is 2.15. The molecule has 0 fully saturated rings. The number of rotatable bonds is 5. The standard InChI is InChI=1S/C10H9BrClFO2/c11-5-4-8(14)10-7(12)2-1-3-9(10)15-6-13/h1-3H,4-6H2. The van der Waals surface area contributed by atoms with Crippen molar-refractivity contribution in [1.29, 1.82) is 0 Å². The summed E-state index contributed by atoms with van der Waals surface area (Å²) in [7, 11) is 0. The van der Waals surface area contributed by atoms with Gasteiger partial charge in [0.2, 0.25) is 6.86 Å². The maximum absolute atomic E-state index is 12.1. The van der Waals surface area contributed by atoms with E-state index in [9.17, 15) is 9.18 Å². The summed E-state index contributed by atoms with van der Waals surface area (Å²) >= 11 is 9.01. The van der Waals surface area contributed by atoms with Crippen molar-refractivity contribution in [2.24, 2.45) is 0 Å². The van der Waals surface area contributed by atoms with E-state index in [1.165, 1.54) is 6.07 Å². The van der Waals surface area contributed by atoms with Gasteiger partial charge in [0.15, 0.2) is 5.78 Å². The molecule has 0 saturated heterocycles. The lowest BCUT2D eigenvalue weighted by atomic mass is 10.1. The quantitative estimate of drug-likeness (QED) is 0.613. The van der Waals surface area contributed by atoms with Crippen LogP contribution in [-0.2, 0) is 0 Å². The number of carbonyl (C=O) groups excluding carboxylic acids is 1. The van der Waals surface area contributed by atoms with Gasteiger partial charge in [-0.25, -0.2) is 4.39 Å². The lowest BCUT2D eigenvalue weighted by molar-refractivity contribution is 0.0982. The first-order valence-corrected chi connectivity index (χ1v) is 5.77. The fraction of sp³-hybridized carbons (Fsp3) is 0.300. The summed E-state index contributed by atoms with van der Waals surface area (Å²) in [5.74, 6) is 0.0249. The van der Waals surface area contributed by atoms with Crippen molar-refractivity contribution in [3.05, 3.63) is 28.8 Å². The molecule has 1 aromatic rings. The lowest BCUT2D eigenvalue weighted by Gasteiger charge is -2.08. The van der Waals surface area contributed by atoms with Crippen LogP contribution in [-0.4, -0.2) is 18.0 Å². The van der Waals surface area contributed by atoms with Gasteiger partial charge in [-0.15, -0.1) is 0 Å². The number of hydrogen-bond donors (Lipinski definition) is 0. The fourth-order valence-corrected chi connectivity index (χ4v) is 1.80. The molecule has 0 unspecified atom stereocenters. The predicted molar refractivity (Wildman–Crippen MR) is 60.8 cm³/mol. The summed E-state index contributed by atoms with van der Waals surface area (Å²) in [5.41, 5.74) is 0.247. The van der Waals surface area contributed by atoms with Gasteiger partial charge >= 0.3 is 0 Å². The van der Waals surface area contributed by atoms with Crippen molar-refractivity contribution < 1.29 is 13.9 Å². The Morgan fingerprint density at radius 3 is 2.87 bits per heavy atom. The zero-order valence-electron chi connectivity index (χ0n) is 7.80. The number of carbonyl (C=O) groups is 1. The molecule has 2 nitrogen and oxygen atoms in total. The Morgan fingerprint density at radius 1 is 1.53 bits per heavy atom. The van der Waals surface area contributed by atoms with E-state index in [0.717, 1.165) is 0 Å². The Kier molecular flexibility index (Phi) is 5.05. The molecule has 1 aromatic carbocycles. The zero-order chi connectivity index (χ0) is 11.3. The summed E-state index contributed by atoms with van der Waals surface area (Å²) in [4.78, 5) is 11.6. The van der Waals surface area contributed by atoms with Gasteiger partial charge in [0, 0.05) is 11.8 Å². The van der Waals surface area contributed by atoms with E-state index in [1.54, 1.807) is 12.1 Å². The molecular formula is C10H9BrClFO2. The maximum Gasteiger partial charge on any atom is 0.228 e. The number of ketones is 1. The van der Waals surface area contributed by atoms with E-state index >= 15 is 0 Å². The lowest BCUT2D eigenvalue weighted by Crippen LogP contribution is -2.05. The second kappa shape index (κ2) is 6.08. The Hall–Kier alpha value is -0.610. The number of benzene rings is 1. The normalized spacial score (nSPS) is 10.1. The second-order valence-electron chi connectivity index (χ2n) is 2.73. The fourth-order valence-electron chi connectivity index (χ4n) is 1.16. The van der Waals surface area contributed by atoms with E-state index in [1.807, 2.05) is 0 Å². The van der Waals surface area contributed by atoms with Crippen molar-refractivity contribution >= 4 is 33.3 Å². The van der Waals surface area contributed by atoms with Crippen molar-refractivity contribution in [1.82, 2.24) is 0 Å². The minimum Gasteiger partial charge on any atom is -0.462 e. The van der Waals surface area contributed by atoms with Crippen LogP contribution in [0.25, 0.3) is 0 Å². The molecule has 1 rings (SSSR count). The molecular weight excluding hydrogens is 286 g/mol.